The van der Waals surface area contributed by atoms with Crippen LogP contribution in [0.1, 0.15) is 17.4 Å². The quantitative estimate of drug-likeness (QED) is 0.383. The van der Waals surface area contributed by atoms with Gasteiger partial charge in [0.15, 0.2) is 0 Å². The molecule has 1 N–H and O–H groups in total. The second kappa shape index (κ2) is 8.02. The van der Waals surface area contributed by atoms with Gasteiger partial charge in [0.25, 0.3) is 11.7 Å². The van der Waals surface area contributed by atoms with E-state index in [-0.39, 0.29) is 11.3 Å². The van der Waals surface area contributed by atoms with Crippen LogP contribution in [0.4, 0.5) is 11.4 Å². The number of Topliss-reactive ketones (excluding diaryl/α,β-unsaturated/α-hetero) is 1. The lowest BCUT2D eigenvalue weighted by Gasteiger charge is -2.24. The number of hydrogen-bond donors (Lipinski definition) is 1. The number of para-hydroxylation sites is 1. The third-order valence-corrected chi connectivity index (χ3v) is 5.26. The molecule has 2 heterocycles. The largest absolute Gasteiger partial charge is 0.507 e. The van der Waals surface area contributed by atoms with Crippen molar-refractivity contribution in [1.29, 1.82) is 0 Å². The predicted octanol–water partition coefficient (Wildman–Crippen LogP) is 3.98. The number of rotatable bonds is 5. The van der Waals surface area contributed by atoms with Crippen molar-refractivity contribution < 1.29 is 23.8 Å². The van der Waals surface area contributed by atoms with Crippen LogP contribution in [0.5, 0.6) is 5.75 Å². The minimum atomic E-state index is -0.912. The van der Waals surface area contributed by atoms with E-state index in [9.17, 15) is 14.7 Å². The number of aliphatic hydroxyl groups excluding tert-OH is 1. The SMILES string of the molecule is COc1ccccc1/C(O)=C1/C(=O)C(=O)N(c2ccc(N(C)C)cc2)C1c1ccco1. The summed E-state index contributed by atoms with van der Waals surface area (Å²) in [5, 5.41) is 11.1. The van der Waals surface area contributed by atoms with Crippen LogP contribution in [0.15, 0.2) is 76.9 Å². The number of nitrogens with zero attached hydrogens (tertiary/aromatic N) is 2. The van der Waals surface area contributed by atoms with E-state index in [1.54, 1.807) is 48.5 Å². The summed E-state index contributed by atoms with van der Waals surface area (Å²) >= 11 is 0. The van der Waals surface area contributed by atoms with E-state index < -0.39 is 17.7 Å². The second-order valence-corrected chi connectivity index (χ2v) is 7.30. The van der Waals surface area contributed by atoms with Crippen molar-refractivity contribution in [3.63, 3.8) is 0 Å². The summed E-state index contributed by atoms with van der Waals surface area (Å²) in [7, 11) is 5.30. The number of anilines is 2. The molecule has 4 rings (SSSR count). The monoisotopic (exact) mass is 418 g/mol. The first-order valence-electron chi connectivity index (χ1n) is 9.69. The smallest absolute Gasteiger partial charge is 0.300 e. The first-order valence-corrected chi connectivity index (χ1v) is 9.69. The van der Waals surface area contributed by atoms with Crippen LogP contribution in [0.25, 0.3) is 5.76 Å². The molecule has 158 valence electrons. The van der Waals surface area contributed by atoms with Gasteiger partial charge < -0.3 is 19.2 Å². The van der Waals surface area contributed by atoms with Crippen molar-refractivity contribution in [1.82, 2.24) is 0 Å². The fourth-order valence-corrected chi connectivity index (χ4v) is 3.71. The Morgan fingerprint density at radius 3 is 2.35 bits per heavy atom. The molecule has 1 aromatic heterocycles. The molecule has 0 saturated carbocycles. The molecule has 1 atom stereocenters. The molecular weight excluding hydrogens is 396 g/mol. The number of benzene rings is 2. The number of ether oxygens (including phenoxy) is 1. The fourth-order valence-electron chi connectivity index (χ4n) is 3.71. The van der Waals surface area contributed by atoms with Crippen LogP contribution in [0.2, 0.25) is 0 Å². The van der Waals surface area contributed by atoms with Gasteiger partial charge in [0.2, 0.25) is 0 Å². The van der Waals surface area contributed by atoms with Crippen molar-refractivity contribution >= 4 is 28.8 Å². The van der Waals surface area contributed by atoms with Crippen LogP contribution >= 0.6 is 0 Å². The van der Waals surface area contributed by atoms with E-state index in [2.05, 4.69) is 0 Å². The van der Waals surface area contributed by atoms with Gasteiger partial charge in [0.05, 0.1) is 24.5 Å². The Balaban J connectivity index is 1.90. The van der Waals surface area contributed by atoms with Crippen LogP contribution in [0, 0.1) is 0 Å². The third kappa shape index (κ3) is 3.44. The van der Waals surface area contributed by atoms with Crippen molar-refractivity contribution in [2.45, 2.75) is 6.04 Å². The molecule has 1 saturated heterocycles. The van der Waals surface area contributed by atoms with E-state index in [4.69, 9.17) is 9.15 Å². The molecule has 1 aliphatic rings. The molecule has 1 fully saturated rings. The Hall–Kier alpha value is -4.00. The summed E-state index contributed by atoms with van der Waals surface area (Å²) in [5.74, 6) is -1.09. The summed E-state index contributed by atoms with van der Waals surface area (Å²) in [5.41, 5.74) is 1.74. The molecule has 0 aliphatic carbocycles. The summed E-state index contributed by atoms with van der Waals surface area (Å²) in [6.45, 7) is 0. The van der Waals surface area contributed by atoms with E-state index >= 15 is 0 Å². The molecular formula is C24H22N2O5. The topological polar surface area (TPSA) is 83.2 Å². The Bertz CT molecular complexity index is 1150. The van der Waals surface area contributed by atoms with Gasteiger partial charge in [0.1, 0.15) is 23.3 Å². The highest BCUT2D eigenvalue weighted by atomic mass is 16.5. The van der Waals surface area contributed by atoms with Crippen LogP contribution in [-0.2, 0) is 9.59 Å². The molecule has 7 nitrogen and oxygen atoms in total. The first kappa shape index (κ1) is 20.3. The molecule has 3 aromatic rings. The van der Waals surface area contributed by atoms with Gasteiger partial charge in [-0.2, -0.15) is 0 Å². The fraction of sp³-hybridized carbons (Fsp3) is 0.167. The number of carbonyl (C=O) groups excluding carboxylic acids is 2. The molecule has 0 radical (unpaired) electrons. The second-order valence-electron chi connectivity index (χ2n) is 7.30. The highest BCUT2D eigenvalue weighted by Crippen LogP contribution is 2.43. The number of carbonyl (C=O) groups is 2. The van der Waals surface area contributed by atoms with Crippen molar-refractivity contribution in [3.8, 4) is 5.75 Å². The molecule has 1 aliphatic heterocycles. The predicted molar refractivity (Wildman–Crippen MR) is 117 cm³/mol. The number of methoxy groups -OCH3 is 1. The zero-order valence-electron chi connectivity index (χ0n) is 17.4. The number of furan rings is 1. The Morgan fingerprint density at radius 2 is 1.74 bits per heavy atom. The summed E-state index contributed by atoms with van der Waals surface area (Å²) in [6, 6.07) is 16.5. The van der Waals surface area contributed by atoms with Crippen LogP contribution in [0.3, 0.4) is 0 Å². The highest BCUT2D eigenvalue weighted by molar-refractivity contribution is 6.51. The zero-order chi connectivity index (χ0) is 22.1. The third-order valence-electron chi connectivity index (χ3n) is 5.26. The molecule has 0 spiro atoms. The average Bonchev–Trinajstić information content (AvgIpc) is 3.40. The molecule has 1 unspecified atom stereocenters. The normalized spacial score (nSPS) is 17.8. The molecule has 0 bridgehead atoms. The van der Waals surface area contributed by atoms with Crippen molar-refractivity contribution in [3.05, 3.63) is 83.8 Å². The van der Waals surface area contributed by atoms with Gasteiger partial charge in [-0.15, -0.1) is 0 Å². The zero-order valence-corrected chi connectivity index (χ0v) is 17.4. The first-order chi connectivity index (χ1) is 14.9. The van der Waals surface area contributed by atoms with Crippen molar-refractivity contribution in [2.24, 2.45) is 0 Å². The van der Waals surface area contributed by atoms with Gasteiger partial charge >= 0.3 is 0 Å². The highest BCUT2D eigenvalue weighted by Gasteiger charge is 2.48. The maximum Gasteiger partial charge on any atom is 0.300 e. The molecule has 2 aromatic carbocycles. The summed E-state index contributed by atoms with van der Waals surface area (Å²) < 4.78 is 10.9. The Kier molecular flexibility index (Phi) is 5.25. The van der Waals surface area contributed by atoms with Crippen LogP contribution < -0.4 is 14.5 Å². The van der Waals surface area contributed by atoms with Gasteiger partial charge in [-0.25, -0.2) is 0 Å². The summed E-state index contributed by atoms with van der Waals surface area (Å²) in [4.78, 5) is 29.4. The Morgan fingerprint density at radius 1 is 1.03 bits per heavy atom. The van der Waals surface area contributed by atoms with Crippen LogP contribution in [-0.4, -0.2) is 38.0 Å². The lowest BCUT2D eigenvalue weighted by atomic mass is 9.98. The van der Waals surface area contributed by atoms with E-state index in [1.807, 2.05) is 31.1 Å². The van der Waals surface area contributed by atoms with Crippen molar-refractivity contribution in [2.75, 3.05) is 31.0 Å². The standard InChI is InChI=1S/C24H22N2O5/c1-25(2)15-10-12-16(13-11-15)26-21(19-9-6-14-31-19)20(23(28)24(26)29)22(27)17-7-4-5-8-18(17)30-3/h4-14,21,27H,1-3H3/b22-20-. The average molecular weight is 418 g/mol. The van der Waals surface area contributed by atoms with E-state index in [0.29, 0.717) is 22.8 Å². The minimum absolute atomic E-state index is 0.0545. The lowest BCUT2D eigenvalue weighted by molar-refractivity contribution is -0.132. The van der Waals surface area contributed by atoms with Gasteiger partial charge in [-0.3, -0.25) is 14.5 Å². The minimum Gasteiger partial charge on any atom is -0.507 e. The Labute approximate surface area is 179 Å². The van der Waals surface area contributed by atoms with Gasteiger partial charge in [-0.1, -0.05) is 12.1 Å². The lowest BCUT2D eigenvalue weighted by Crippen LogP contribution is -2.29. The van der Waals surface area contributed by atoms with Gasteiger partial charge in [-0.05, 0) is 48.5 Å². The van der Waals surface area contributed by atoms with Gasteiger partial charge in [0, 0.05) is 25.5 Å². The van der Waals surface area contributed by atoms with E-state index in [0.717, 1.165) is 5.69 Å². The number of ketones is 1. The molecule has 7 heteroatoms. The maximum absolute atomic E-state index is 13.1. The van der Waals surface area contributed by atoms with E-state index in [1.165, 1.54) is 18.3 Å². The molecule has 1 amide bonds. The summed E-state index contributed by atoms with van der Waals surface area (Å²) in [6.07, 6.45) is 1.47. The number of aliphatic hydroxyl groups is 1. The molecule has 31 heavy (non-hydrogen) atoms. The number of amides is 1. The maximum atomic E-state index is 13.1. The number of hydrogen-bond acceptors (Lipinski definition) is 6.